The minimum atomic E-state index is 0.970. The third kappa shape index (κ3) is 6.05. The van der Waals surface area contributed by atoms with Crippen molar-refractivity contribution in [3.05, 3.63) is 12.2 Å². The zero-order valence-corrected chi connectivity index (χ0v) is 5.59. The lowest BCUT2D eigenvalue weighted by molar-refractivity contribution is 1.13. The fourth-order valence-corrected chi connectivity index (χ4v) is 0.512. The Labute approximate surface area is 49.3 Å². The Hall–Kier alpha value is 0.0500. The van der Waals surface area contributed by atoms with E-state index in [0.29, 0.717) is 0 Å². The van der Waals surface area contributed by atoms with E-state index in [1.807, 2.05) is 19.3 Å². The van der Waals surface area contributed by atoms with Gasteiger partial charge >= 0.3 is 0 Å². The lowest BCUT2D eigenvalue weighted by atomic mass is 10.5. The smallest absolute Gasteiger partial charge is 0.0239 e. The number of hydrogen-bond donors (Lipinski definition) is 1. The summed E-state index contributed by atoms with van der Waals surface area (Å²) in [5.41, 5.74) is 0. The molecule has 0 amide bonds. The van der Waals surface area contributed by atoms with Crippen molar-refractivity contribution in [1.82, 2.24) is 4.72 Å². The van der Waals surface area contributed by atoms with Crippen LogP contribution in [0.25, 0.3) is 0 Å². The summed E-state index contributed by atoms with van der Waals surface area (Å²) < 4.78 is 3.08. The van der Waals surface area contributed by atoms with Gasteiger partial charge in [-0.15, -0.1) is 0 Å². The maximum absolute atomic E-state index is 3.08. The molecule has 0 bridgehead atoms. The Kier molecular flexibility index (Phi) is 6.09. The average Bonchev–Trinajstić information content (AvgIpc) is 1.69. The first-order chi connectivity index (χ1) is 3.41. The first kappa shape index (κ1) is 7.05. The molecule has 7 heavy (non-hydrogen) atoms. The Morgan fingerprint density at radius 1 is 1.71 bits per heavy atom. The minimum absolute atomic E-state index is 0.970. The Morgan fingerprint density at radius 2 is 2.43 bits per heavy atom. The molecule has 0 atom stereocenters. The van der Waals surface area contributed by atoms with Crippen molar-refractivity contribution < 1.29 is 0 Å². The van der Waals surface area contributed by atoms with Gasteiger partial charge in [-0.05, 0) is 13.2 Å². The first-order valence-corrected chi connectivity index (χ1v) is 3.51. The van der Waals surface area contributed by atoms with Crippen LogP contribution < -0.4 is 4.72 Å². The van der Waals surface area contributed by atoms with Gasteiger partial charge in [0.05, 0.1) is 0 Å². The molecule has 2 heteroatoms. The van der Waals surface area contributed by atoms with E-state index in [9.17, 15) is 0 Å². The van der Waals surface area contributed by atoms with Gasteiger partial charge in [0.25, 0.3) is 0 Å². The molecule has 0 aromatic carbocycles. The molecular formula is C5H11NS. The van der Waals surface area contributed by atoms with Crippen LogP contribution in [-0.2, 0) is 0 Å². The predicted molar refractivity (Wildman–Crippen MR) is 36.3 cm³/mol. The van der Waals surface area contributed by atoms with Crippen LogP contribution in [0, 0.1) is 0 Å². The highest BCUT2D eigenvalue weighted by Gasteiger charge is 1.69. The molecule has 0 aliphatic carbocycles. The maximum Gasteiger partial charge on any atom is 0.0239 e. The van der Waals surface area contributed by atoms with Crippen molar-refractivity contribution in [3.8, 4) is 0 Å². The van der Waals surface area contributed by atoms with Crippen LogP contribution in [0.5, 0.6) is 0 Å². The number of hydrogen-bond acceptors (Lipinski definition) is 2. The van der Waals surface area contributed by atoms with Crippen molar-refractivity contribution >= 4 is 11.9 Å². The van der Waals surface area contributed by atoms with Crippen LogP contribution in [0.1, 0.15) is 6.92 Å². The van der Waals surface area contributed by atoms with Gasteiger partial charge in [-0.3, -0.25) is 4.72 Å². The Morgan fingerprint density at radius 3 is 2.86 bits per heavy atom. The third-order valence-electron chi connectivity index (χ3n) is 0.581. The molecule has 0 spiro atoms. The molecule has 0 fully saturated rings. The van der Waals surface area contributed by atoms with Crippen molar-refractivity contribution in [3.63, 3.8) is 0 Å². The van der Waals surface area contributed by atoms with E-state index in [1.165, 1.54) is 0 Å². The summed E-state index contributed by atoms with van der Waals surface area (Å²) in [6.45, 7) is 2.99. The quantitative estimate of drug-likeness (QED) is 0.341. The summed E-state index contributed by atoms with van der Waals surface area (Å²) in [6.07, 6.45) is 6.13. The summed E-state index contributed by atoms with van der Waals surface area (Å²) >= 11 is 1.64. The number of nitrogens with one attached hydrogen (secondary N) is 1. The van der Waals surface area contributed by atoms with E-state index in [1.54, 1.807) is 11.9 Å². The van der Waals surface area contributed by atoms with Gasteiger partial charge in [0.2, 0.25) is 0 Å². The largest absolute Gasteiger partial charge is 0.261 e. The van der Waals surface area contributed by atoms with Crippen LogP contribution in [0.2, 0.25) is 0 Å². The zero-order chi connectivity index (χ0) is 5.54. The molecule has 0 unspecified atom stereocenters. The van der Waals surface area contributed by atoms with Gasteiger partial charge < -0.3 is 0 Å². The summed E-state index contributed by atoms with van der Waals surface area (Å²) in [5.74, 6) is 0. The molecule has 0 saturated heterocycles. The molecule has 1 N–H and O–H groups in total. The maximum atomic E-state index is 3.08. The van der Waals surface area contributed by atoms with E-state index in [2.05, 4.69) is 10.8 Å². The van der Waals surface area contributed by atoms with Crippen LogP contribution in [0.3, 0.4) is 0 Å². The topological polar surface area (TPSA) is 12.0 Å². The monoisotopic (exact) mass is 117 g/mol. The van der Waals surface area contributed by atoms with Gasteiger partial charge in [-0.1, -0.05) is 24.1 Å². The Balaban J connectivity index is 2.69. The summed E-state index contributed by atoms with van der Waals surface area (Å²) in [6, 6.07) is 0. The highest BCUT2D eigenvalue weighted by atomic mass is 32.2. The fourth-order valence-electron chi connectivity index (χ4n) is 0.249. The molecule has 0 rings (SSSR count). The molecule has 1 nitrogen and oxygen atoms in total. The van der Waals surface area contributed by atoms with Crippen molar-refractivity contribution in [1.29, 1.82) is 0 Å². The van der Waals surface area contributed by atoms with E-state index in [0.717, 1.165) is 6.54 Å². The van der Waals surface area contributed by atoms with Crippen LogP contribution >= 0.6 is 11.9 Å². The zero-order valence-electron chi connectivity index (χ0n) is 4.77. The number of rotatable bonds is 3. The lowest BCUT2D eigenvalue weighted by Gasteiger charge is -1.88. The van der Waals surface area contributed by atoms with Crippen LogP contribution in [-0.4, -0.2) is 12.8 Å². The second-order valence-corrected chi connectivity index (χ2v) is 1.82. The van der Waals surface area contributed by atoms with Crippen molar-refractivity contribution in [2.45, 2.75) is 6.92 Å². The molecule has 0 aliphatic heterocycles. The van der Waals surface area contributed by atoms with Gasteiger partial charge in [0, 0.05) is 6.54 Å². The second-order valence-electron chi connectivity index (χ2n) is 1.12. The molecule has 0 aliphatic rings. The lowest BCUT2D eigenvalue weighted by Crippen LogP contribution is -1.99. The van der Waals surface area contributed by atoms with Gasteiger partial charge in [0.15, 0.2) is 0 Å². The normalized spacial score (nSPS) is 10.6. The molecular weight excluding hydrogens is 106 g/mol. The SMILES string of the molecule is C/C=C\CNSC. The highest BCUT2D eigenvalue weighted by molar-refractivity contribution is 7.96. The third-order valence-corrected chi connectivity index (χ3v) is 1.04. The Bertz CT molecular complexity index is 52.0. The van der Waals surface area contributed by atoms with E-state index >= 15 is 0 Å². The van der Waals surface area contributed by atoms with Crippen LogP contribution in [0.4, 0.5) is 0 Å². The standard InChI is InChI=1S/C5H11NS/c1-3-4-5-6-7-2/h3-4,6H,5H2,1-2H3/b4-3-. The van der Waals surface area contributed by atoms with E-state index in [-0.39, 0.29) is 0 Å². The van der Waals surface area contributed by atoms with E-state index in [4.69, 9.17) is 0 Å². The number of allylic oxidation sites excluding steroid dienone is 1. The molecule has 0 radical (unpaired) electrons. The summed E-state index contributed by atoms with van der Waals surface area (Å²) in [4.78, 5) is 0. The molecule has 0 aromatic rings. The minimum Gasteiger partial charge on any atom is -0.261 e. The van der Waals surface area contributed by atoms with Gasteiger partial charge in [-0.25, -0.2) is 0 Å². The highest BCUT2D eigenvalue weighted by Crippen LogP contribution is 1.79. The van der Waals surface area contributed by atoms with Crippen molar-refractivity contribution in [2.75, 3.05) is 12.8 Å². The van der Waals surface area contributed by atoms with Gasteiger partial charge in [-0.2, -0.15) is 0 Å². The summed E-state index contributed by atoms with van der Waals surface area (Å²) in [7, 11) is 0. The second kappa shape index (κ2) is 6.05. The molecule has 42 valence electrons. The average molecular weight is 117 g/mol. The van der Waals surface area contributed by atoms with E-state index < -0.39 is 0 Å². The van der Waals surface area contributed by atoms with Crippen molar-refractivity contribution in [2.24, 2.45) is 0 Å². The molecule has 0 heterocycles. The first-order valence-electron chi connectivity index (χ1n) is 2.28. The molecule has 0 aromatic heterocycles. The van der Waals surface area contributed by atoms with Gasteiger partial charge in [0.1, 0.15) is 0 Å². The van der Waals surface area contributed by atoms with Crippen LogP contribution in [0.15, 0.2) is 12.2 Å². The molecule has 0 saturated carbocycles. The predicted octanol–water partition coefficient (Wildman–Crippen LogP) is 1.43. The fraction of sp³-hybridized carbons (Fsp3) is 0.600. The summed E-state index contributed by atoms with van der Waals surface area (Å²) in [5, 5.41) is 0.